The number of fused-ring (bicyclic) bond motifs is 1. The predicted molar refractivity (Wildman–Crippen MR) is 92.1 cm³/mol. The molecule has 4 heteroatoms. The van der Waals surface area contributed by atoms with Gasteiger partial charge < -0.3 is 15.4 Å². The fourth-order valence-corrected chi connectivity index (χ4v) is 3.00. The van der Waals surface area contributed by atoms with Crippen LogP contribution in [0.1, 0.15) is 18.4 Å². The highest BCUT2D eigenvalue weighted by atomic mass is 32.1. The van der Waals surface area contributed by atoms with Gasteiger partial charge in [-0.2, -0.15) is 0 Å². The fourth-order valence-electron chi connectivity index (χ4n) is 2.82. The van der Waals surface area contributed by atoms with E-state index in [9.17, 15) is 0 Å². The first kappa shape index (κ1) is 14.3. The Morgan fingerprint density at radius 1 is 1.24 bits per heavy atom. The molecule has 0 spiro atoms. The maximum atomic E-state index is 5.86. The summed E-state index contributed by atoms with van der Waals surface area (Å²) in [6.45, 7) is 1.65. The number of hydrogen-bond donors (Lipinski definition) is 1. The van der Waals surface area contributed by atoms with Crippen molar-refractivity contribution in [2.45, 2.75) is 18.9 Å². The lowest BCUT2D eigenvalue weighted by atomic mass is 10.0. The van der Waals surface area contributed by atoms with Crippen molar-refractivity contribution in [3.05, 3.63) is 42.0 Å². The average Bonchev–Trinajstić information content (AvgIpc) is 3.32. The van der Waals surface area contributed by atoms with Crippen LogP contribution in [0.5, 0.6) is 0 Å². The smallest absolute Gasteiger partial charge is 0.104 e. The van der Waals surface area contributed by atoms with E-state index in [-0.39, 0.29) is 0 Å². The van der Waals surface area contributed by atoms with Gasteiger partial charge in [0, 0.05) is 36.3 Å². The van der Waals surface area contributed by atoms with Crippen LogP contribution in [0.25, 0.3) is 10.8 Å². The molecule has 0 atom stereocenters. The minimum atomic E-state index is 0.451. The first-order chi connectivity index (χ1) is 10.2. The summed E-state index contributed by atoms with van der Waals surface area (Å²) in [6.07, 6.45) is 2.52. The van der Waals surface area contributed by atoms with Crippen LogP contribution in [-0.2, 0) is 4.74 Å². The number of hydrogen-bond acceptors (Lipinski definition) is 3. The van der Waals surface area contributed by atoms with E-state index in [1.54, 1.807) is 7.11 Å². The van der Waals surface area contributed by atoms with Crippen LogP contribution in [0.3, 0.4) is 0 Å². The second-order valence-electron chi connectivity index (χ2n) is 5.46. The number of ether oxygens (including phenoxy) is 1. The predicted octanol–water partition coefficient (Wildman–Crippen LogP) is 3.09. The molecule has 0 unspecified atom stereocenters. The van der Waals surface area contributed by atoms with Crippen LogP contribution in [0, 0.1) is 0 Å². The standard InChI is InChI=1S/C17H20N2OS/c1-20-11-10-19(12-6-7-12)16-9-8-15(17(18)21)13-4-2-3-5-14(13)16/h2-5,8-9,12H,6-7,10-11H2,1H3,(H2,18,21). The Balaban J connectivity index is 2.09. The van der Waals surface area contributed by atoms with Crippen LogP contribution < -0.4 is 10.6 Å². The molecule has 110 valence electrons. The Bertz CT molecular complexity index is 667. The van der Waals surface area contributed by atoms with Crippen LogP contribution in [0.15, 0.2) is 36.4 Å². The highest BCUT2D eigenvalue weighted by Gasteiger charge is 2.30. The van der Waals surface area contributed by atoms with E-state index in [0.717, 1.165) is 24.1 Å². The van der Waals surface area contributed by atoms with Crippen molar-refractivity contribution in [2.24, 2.45) is 5.73 Å². The van der Waals surface area contributed by atoms with Gasteiger partial charge in [0.25, 0.3) is 0 Å². The minimum Gasteiger partial charge on any atom is -0.389 e. The van der Waals surface area contributed by atoms with E-state index >= 15 is 0 Å². The summed E-state index contributed by atoms with van der Waals surface area (Å²) >= 11 is 5.18. The molecule has 1 aliphatic rings. The first-order valence-electron chi connectivity index (χ1n) is 7.29. The zero-order chi connectivity index (χ0) is 14.8. The largest absolute Gasteiger partial charge is 0.389 e. The van der Waals surface area contributed by atoms with Crippen molar-refractivity contribution < 1.29 is 4.74 Å². The zero-order valence-electron chi connectivity index (χ0n) is 12.2. The van der Waals surface area contributed by atoms with Crippen molar-refractivity contribution in [3.8, 4) is 0 Å². The maximum absolute atomic E-state index is 5.86. The van der Waals surface area contributed by atoms with Gasteiger partial charge in [0.1, 0.15) is 4.99 Å². The molecule has 0 aliphatic heterocycles. The Kier molecular flexibility index (Phi) is 4.08. The highest BCUT2D eigenvalue weighted by Crippen LogP contribution is 2.36. The van der Waals surface area contributed by atoms with Crippen molar-refractivity contribution in [1.29, 1.82) is 0 Å². The van der Waals surface area contributed by atoms with Crippen molar-refractivity contribution in [1.82, 2.24) is 0 Å². The summed E-state index contributed by atoms with van der Waals surface area (Å²) < 4.78 is 5.26. The van der Waals surface area contributed by atoms with Gasteiger partial charge in [-0.15, -0.1) is 0 Å². The monoisotopic (exact) mass is 300 g/mol. The molecule has 1 aliphatic carbocycles. The molecule has 0 radical (unpaired) electrons. The minimum absolute atomic E-state index is 0.451. The van der Waals surface area contributed by atoms with E-state index in [1.165, 1.54) is 23.9 Å². The van der Waals surface area contributed by atoms with E-state index < -0.39 is 0 Å². The number of methoxy groups -OCH3 is 1. The quantitative estimate of drug-likeness (QED) is 0.832. The fraction of sp³-hybridized carbons (Fsp3) is 0.353. The lowest BCUT2D eigenvalue weighted by molar-refractivity contribution is 0.205. The Hall–Kier alpha value is -1.65. The maximum Gasteiger partial charge on any atom is 0.104 e. The van der Waals surface area contributed by atoms with E-state index in [0.29, 0.717) is 11.0 Å². The van der Waals surface area contributed by atoms with E-state index in [4.69, 9.17) is 22.7 Å². The van der Waals surface area contributed by atoms with Gasteiger partial charge in [0.15, 0.2) is 0 Å². The molecule has 0 saturated heterocycles. The molecular weight excluding hydrogens is 280 g/mol. The van der Waals surface area contributed by atoms with Crippen molar-refractivity contribution >= 4 is 33.7 Å². The van der Waals surface area contributed by atoms with Crippen LogP contribution >= 0.6 is 12.2 Å². The molecule has 21 heavy (non-hydrogen) atoms. The first-order valence-corrected chi connectivity index (χ1v) is 7.70. The Morgan fingerprint density at radius 2 is 1.95 bits per heavy atom. The van der Waals surface area contributed by atoms with Crippen LogP contribution in [-0.4, -0.2) is 31.3 Å². The molecule has 2 N–H and O–H groups in total. The summed E-state index contributed by atoms with van der Waals surface area (Å²) in [5.74, 6) is 0. The van der Waals surface area contributed by atoms with Gasteiger partial charge in [-0.3, -0.25) is 0 Å². The van der Waals surface area contributed by atoms with Gasteiger partial charge >= 0.3 is 0 Å². The van der Waals surface area contributed by atoms with Gasteiger partial charge in [-0.1, -0.05) is 36.5 Å². The lowest BCUT2D eigenvalue weighted by Gasteiger charge is -2.26. The lowest BCUT2D eigenvalue weighted by Crippen LogP contribution is -2.29. The molecule has 0 heterocycles. The van der Waals surface area contributed by atoms with E-state index in [2.05, 4.69) is 29.2 Å². The molecular formula is C17H20N2OS. The van der Waals surface area contributed by atoms with Crippen molar-refractivity contribution in [2.75, 3.05) is 25.2 Å². The summed E-state index contributed by atoms with van der Waals surface area (Å²) in [5, 5.41) is 2.34. The third-order valence-electron chi connectivity index (χ3n) is 4.00. The van der Waals surface area contributed by atoms with Gasteiger partial charge in [0.2, 0.25) is 0 Å². The molecule has 3 nitrogen and oxygen atoms in total. The SMILES string of the molecule is COCCN(c1ccc(C(N)=S)c2ccccc12)C1CC1. The Labute approximate surface area is 130 Å². The third kappa shape index (κ3) is 2.87. The van der Waals surface area contributed by atoms with Gasteiger partial charge in [-0.25, -0.2) is 0 Å². The second-order valence-corrected chi connectivity index (χ2v) is 5.90. The number of anilines is 1. The third-order valence-corrected chi connectivity index (χ3v) is 4.22. The number of nitrogens with two attached hydrogens (primary N) is 1. The summed E-state index contributed by atoms with van der Waals surface area (Å²) in [7, 11) is 1.75. The number of benzene rings is 2. The highest BCUT2D eigenvalue weighted by molar-refractivity contribution is 7.80. The molecule has 1 saturated carbocycles. The molecule has 0 amide bonds. The topological polar surface area (TPSA) is 38.5 Å². The van der Waals surface area contributed by atoms with E-state index in [1.807, 2.05) is 12.1 Å². The summed E-state index contributed by atoms with van der Waals surface area (Å²) in [6, 6.07) is 13.2. The molecule has 3 rings (SSSR count). The summed E-state index contributed by atoms with van der Waals surface area (Å²) in [5.41, 5.74) is 8.06. The number of thiocarbonyl (C=S) groups is 1. The zero-order valence-corrected chi connectivity index (χ0v) is 13.0. The average molecular weight is 300 g/mol. The molecule has 2 aromatic rings. The number of nitrogens with zero attached hydrogens (tertiary/aromatic N) is 1. The van der Waals surface area contributed by atoms with Crippen LogP contribution in [0.4, 0.5) is 5.69 Å². The Morgan fingerprint density at radius 3 is 2.57 bits per heavy atom. The van der Waals surface area contributed by atoms with Gasteiger partial charge in [-0.05, 0) is 30.4 Å². The second kappa shape index (κ2) is 6.00. The van der Waals surface area contributed by atoms with Crippen LogP contribution in [0.2, 0.25) is 0 Å². The summed E-state index contributed by atoms with van der Waals surface area (Å²) in [4.78, 5) is 2.91. The number of rotatable bonds is 6. The van der Waals surface area contributed by atoms with Gasteiger partial charge in [0.05, 0.1) is 6.61 Å². The molecule has 0 aromatic heterocycles. The molecule has 1 fully saturated rings. The van der Waals surface area contributed by atoms with Crippen molar-refractivity contribution in [3.63, 3.8) is 0 Å². The molecule has 0 bridgehead atoms. The molecule has 2 aromatic carbocycles. The normalized spacial score (nSPS) is 14.3.